The molecule has 1 fully saturated rings. The van der Waals surface area contributed by atoms with E-state index in [1.807, 2.05) is 6.92 Å². The lowest BCUT2D eigenvalue weighted by Gasteiger charge is -2.30. The SMILES string of the molecule is COCCC(C)C(F)(CN)C1CC1. The van der Waals surface area contributed by atoms with E-state index in [0.29, 0.717) is 6.61 Å². The first-order chi connectivity index (χ1) is 6.15. The fourth-order valence-electron chi connectivity index (χ4n) is 1.87. The molecule has 0 aliphatic heterocycles. The van der Waals surface area contributed by atoms with Crippen LogP contribution in [0.15, 0.2) is 0 Å². The van der Waals surface area contributed by atoms with Gasteiger partial charge in [-0.3, -0.25) is 0 Å². The lowest BCUT2D eigenvalue weighted by atomic mass is 9.84. The van der Waals surface area contributed by atoms with Crippen molar-refractivity contribution in [3.05, 3.63) is 0 Å². The van der Waals surface area contributed by atoms with E-state index in [4.69, 9.17) is 10.5 Å². The van der Waals surface area contributed by atoms with Gasteiger partial charge in [0.2, 0.25) is 0 Å². The minimum atomic E-state index is -1.14. The summed E-state index contributed by atoms with van der Waals surface area (Å²) < 4.78 is 19.2. The first-order valence-electron chi connectivity index (χ1n) is 5.03. The van der Waals surface area contributed by atoms with Crippen LogP contribution in [0.5, 0.6) is 0 Å². The van der Waals surface area contributed by atoms with Crippen molar-refractivity contribution in [1.29, 1.82) is 0 Å². The van der Waals surface area contributed by atoms with Crippen LogP contribution in [-0.4, -0.2) is 25.9 Å². The minimum absolute atomic E-state index is 0.0185. The molecule has 2 unspecified atom stereocenters. The molecule has 1 aliphatic carbocycles. The summed E-state index contributed by atoms with van der Waals surface area (Å²) in [6.45, 7) is 2.71. The Hall–Kier alpha value is -0.150. The molecule has 13 heavy (non-hydrogen) atoms. The predicted molar refractivity (Wildman–Crippen MR) is 51.3 cm³/mol. The first kappa shape index (κ1) is 10.9. The molecule has 0 aromatic heterocycles. The van der Waals surface area contributed by atoms with Crippen LogP contribution in [-0.2, 0) is 4.74 Å². The molecule has 2 N–H and O–H groups in total. The highest BCUT2D eigenvalue weighted by Crippen LogP contribution is 2.46. The van der Waals surface area contributed by atoms with Gasteiger partial charge in [0.25, 0.3) is 0 Å². The molecule has 0 spiro atoms. The van der Waals surface area contributed by atoms with Gasteiger partial charge in [-0.1, -0.05) is 6.92 Å². The smallest absolute Gasteiger partial charge is 0.128 e. The van der Waals surface area contributed by atoms with Crippen LogP contribution in [0.3, 0.4) is 0 Å². The van der Waals surface area contributed by atoms with Crippen molar-refractivity contribution < 1.29 is 9.13 Å². The molecule has 0 bridgehead atoms. The van der Waals surface area contributed by atoms with E-state index in [1.54, 1.807) is 7.11 Å². The van der Waals surface area contributed by atoms with Gasteiger partial charge in [0.1, 0.15) is 5.67 Å². The second-order valence-electron chi connectivity index (χ2n) is 4.09. The highest BCUT2D eigenvalue weighted by atomic mass is 19.1. The van der Waals surface area contributed by atoms with Gasteiger partial charge < -0.3 is 10.5 Å². The largest absolute Gasteiger partial charge is 0.385 e. The van der Waals surface area contributed by atoms with Crippen molar-refractivity contribution in [1.82, 2.24) is 0 Å². The number of hydrogen-bond donors (Lipinski definition) is 1. The van der Waals surface area contributed by atoms with E-state index in [9.17, 15) is 4.39 Å². The van der Waals surface area contributed by atoms with Crippen LogP contribution in [0.4, 0.5) is 4.39 Å². The van der Waals surface area contributed by atoms with E-state index >= 15 is 0 Å². The number of halogens is 1. The summed E-state index contributed by atoms with van der Waals surface area (Å²) >= 11 is 0. The van der Waals surface area contributed by atoms with Gasteiger partial charge in [0, 0.05) is 20.3 Å². The Kier molecular flexibility index (Phi) is 3.68. The van der Waals surface area contributed by atoms with Crippen LogP contribution in [0, 0.1) is 11.8 Å². The van der Waals surface area contributed by atoms with E-state index < -0.39 is 5.67 Å². The van der Waals surface area contributed by atoms with Crippen LogP contribution in [0.2, 0.25) is 0 Å². The molecule has 2 nitrogen and oxygen atoms in total. The van der Waals surface area contributed by atoms with Gasteiger partial charge in [-0.2, -0.15) is 0 Å². The monoisotopic (exact) mass is 189 g/mol. The first-order valence-corrected chi connectivity index (χ1v) is 5.03. The maximum Gasteiger partial charge on any atom is 0.128 e. The van der Waals surface area contributed by atoms with Crippen molar-refractivity contribution in [3.8, 4) is 0 Å². The summed E-state index contributed by atoms with van der Waals surface area (Å²) in [5, 5.41) is 0. The molecule has 0 heterocycles. The Morgan fingerprint density at radius 1 is 1.62 bits per heavy atom. The average molecular weight is 189 g/mol. The van der Waals surface area contributed by atoms with Crippen molar-refractivity contribution in [2.45, 2.75) is 31.9 Å². The molecule has 78 valence electrons. The summed E-state index contributed by atoms with van der Waals surface area (Å²) in [6.07, 6.45) is 2.77. The molecule has 2 atom stereocenters. The normalized spacial score (nSPS) is 24.0. The van der Waals surface area contributed by atoms with Gasteiger partial charge in [-0.15, -0.1) is 0 Å². The zero-order valence-corrected chi connectivity index (χ0v) is 8.55. The fourth-order valence-corrected chi connectivity index (χ4v) is 1.87. The summed E-state index contributed by atoms with van der Waals surface area (Å²) in [5.74, 6) is 0.231. The van der Waals surface area contributed by atoms with Crippen molar-refractivity contribution in [2.24, 2.45) is 17.6 Å². The second kappa shape index (κ2) is 4.38. The molecule has 0 aromatic carbocycles. The number of ether oxygens (including phenoxy) is 1. The quantitative estimate of drug-likeness (QED) is 0.690. The zero-order valence-electron chi connectivity index (χ0n) is 8.55. The Labute approximate surface area is 79.6 Å². The maximum atomic E-state index is 14.2. The second-order valence-corrected chi connectivity index (χ2v) is 4.09. The number of hydrogen-bond acceptors (Lipinski definition) is 2. The topological polar surface area (TPSA) is 35.2 Å². The molecule has 1 rings (SSSR count). The third-order valence-electron chi connectivity index (χ3n) is 3.14. The highest BCUT2D eigenvalue weighted by Gasteiger charge is 2.48. The van der Waals surface area contributed by atoms with E-state index in [1.165, 1.54) is 0 Å². The molecule has 0 aromatic rings. The molecule has 1 saturated carbocycles. The van der Waals surface area contributed by atoms with Gasteiger partial charge in [-0.05, 0) is 31.1 Å². The van der Waals surface area contributed by atoms with Crippen LogP contribution >= 0.6 is 0 Å². The lowest BCUT2D eigenvalue weighted by molar-refractivity contribution is 0.0513. The third-order valence-corrected chi connectivity index (χ3v) is 3.14. The average Bonchev–Trinajstić information content (AvgIpc) is 2.96. The third kappa shape index (κ3) is 2.41. The molecule has 0 saturated heterocycles. The molecule has 0 amide bonds. The van der Waals surface area contributed by atoms with Crippen molar-refractivity contribution >= 4 is 0 Å². The highest BCUT2D eigenvalue weighted by molar-refractivity contribution is 4.98. The predicted octanol–water partition coefficient (Wildman–Crippen LogP) is 1.74. The van der Waals surface area contributed by atoms with Crippen LogP contribution < -0.4 is 5.73 Å². The zero-order chi connectivity index (χ0) is 9.90. The fraction of sp³-hybridized carbons (Fsp3) is 1.00. The van der Waals surface area contributed by atoms with Crippen LogP contribution in [0.1, 0.15) is 26.2 Å². The summed E-state index contributed by atoms with van der Waals surface area (Å²) in [6, 6.07) is 0. The number of methoxy groups -OCH3 is 1. The Bertz CT molecular complexity index is 161. The summed E-state index contributed by atoms with van der Waals surface area (Å²) in [7, 11) is 1.65. The number of alkyl halides is 1. The van der Waals surface area contributed by atoms with Crippen LogP contribution in [0.25, 0.3) is 0 Å². The van der Waals surface area contributed by atoms with E-state index in [0.717, 1.165) is 19.3 Å². The molecular weight excluding hydrogens is 169 g/mol. The van der Waals surface area contributed by atoms with Crippen molar-refractivity contribution in [3.63, 3.8) is 0 Å². The van der Waals surface area contributed by atoms with Gasteiger partial charge >= 0.3 is 0 Å². The summed E-state index contributed by atoms with van der Waals surface area (Å²) in [5.41, 5.74) is 4.36. The number of rotatable bonds is 6. The van der Waals surface area contributed by atoms with Gasteiger partial charge in [-0.25, -0.2) is 4.39 Å². The van der Waals surface area contributed by atoms with E-state index in [2.05, 4.69) is 0 Å². The Balaban J connectivity index is 2.43. The molecule has 1 aliphatic rings. The standard InChI is InChI=1S/C10H20FNO/c1-8(5-6-13-2)10(11,7-12)9-3-4-9/h8-9H,3-7,12H2,1-2H3. The molecule has 3 heteroatoms. The van der Waals surface area contributed by atoms with E-state index in [-0.39, 0.29) is 18.4 Å². The van der Waals surface area contributed by atoms with Crippen molar-refractivity contribution in [2.75, 3.05) is 20.3 Å². The van der Waals surface area contributed by atoms with Gasteiger partial charge in [0.15, 0.2) is 0 Å². The number of nitrogens with two attached hydrogens (primary N) is 1. The Morgan fingerprint density at radius 2 is 2.23 bits per heavy atom. The lowest BCUT2D eigenvalue weighted by Crippen LogP contribution is -2.42. The van der Waals surface area contributed by atoms with Gasteiger partial charge in [0.05, 0.1) is 0 Å². The minimum Gasteiger partial charge on any atom is -0.385 e. The maximum absolute atomic E-state index is 14.2. The summed E-state index contributed by atoms with van der Waals surface area (Å²) in [4.78, 5) is 0. The molecular formula is C10H20FNO. The Morgan fingerprint density at radius 3 is 2.62 bits per heavy atom. The molecule has 0 radical (unpaired) electrons.